The van der Waals surface area contributed by atoms with E-state index in [0.717, 1.165) is 19.3 Å². The molecule has 4 nitrogen and oxygen atoms in total. The summed E-state index contributed by atoms with van der Waals surface area (Å²) in [6.07, 6.45) is 3.12. The van der Waals surface area contributed by atoms with Crippen LogP contribution in [0.25, 0.3) is 0 Å². The Morgan fingerprint density at radius 3 is 2.78 bits per heavy atom. The Morgan fingerprint density at radius 2 is 2.11 bits per heavy atom. The van der Waals surface area contributed by atoms with Crippen molar-refractivity contribution in [2.24, 2.45) is 17.6 Å². The second-order valence-electron chi connectivity index (χ2n) is 6.42. The number of rotatable bonds is 1. The molecule has 1 aliphatic carbocycles. The molecule has 1 aliphatic heterocycles. The second kappa shape index (κ2) is 5.17. The lowest BCUT2D eigenvalue weighted by Gasteiger charge is -2.45. The van der Waals surface area contributed by atoms with Crippen molar-refractivity contribution in [2.75, 3.05) is 19.8 Å². The van der Waals surface area contributed by atoms with Gasteiger partial charge in [0.05, 0.1) is 18.8 Å². The van der Waals surface area contributed by atoms with Gasteiger partial charge in [0.2, 0.25) is 5.91 Å². The third-order valence-electron chi connectivity index (χ3n) is 4.59. The minimum Gasteiger partial charge on any atom is -0.377 e. The molecule has 2 N–H and O–H groups in total. The Kier molecular flexibility index (Phi) is 3.97. The number of hydrogen-bond acceptors (Lipinski definition) is 3. The van der Waals surface area contributed by atoms with E-state index >= 15 is 0 Å². The fourth-order valence-corrected chi connectivity index (χ4v) is 3.21. The van der Waals surface area contributed by atoms with E-state index in [0.29, 0.717) is 25.7 Å². The Hall–Kier alpha value is -0.610. The first kappa shape index (κ1) is 13.8. The monoisotopic (exact) mass is 254 g/mol. The largest absolute Gasteiger partial charge is 0.377 e. The van der Waals surface area contributed by atoms with E-state index in [2.05, 4.69) is 20.8 Å². The molecule has 0 spiro atoms. The van der Waals surface area contributed by atoms with Crippen molar-refractivity contribution in [2.45, 2.75) is 51.6 Å². The molecule has 0 aromatic carbocycles. The maximum atomic E-state index is 12.7. The standard InChI is InChI=1S/C14H26N2O2/c1-10-11(5-4-6-12(10)15)13(17)16-7-8-18-9-14(16,2)3/h10-12H,4-9,15H2,1-3H3. The predicted octanol–water partition coefficient (Wildman–Crippen LogP) is 1.39. The molecule has 2 fully saturated rings. The maximum absolute atomic E-state index is 12.7. The Bertz CT molecular complexity index is 317. The summed E-state index contributed by atoms with van der Waals surface area (Å²) in [6.45, 7) is 8.29. The van der Waals surface area contributed by atoms with Gasteiger partial charge in [-0.15, -0.1) is 0 Å². The van der Waals surface area contributed by atoms with Gasteiger partial charge in [-0.1, -0.05) is 13.3 Å². The summed E-state index contributed by atoms with van der Waals surface area (Å²) in [5.74, 6) is 0.682. The van der Waals surface area contributed by atoms with Gasteiger partial charge in [0.15, 0.2) is 0 Å². The molecule has 104 valence electrons. The number of hydrogen-bond donors (Lipinski definition) is 1. The Labute approximate surface area is 110 Å². The second-order valence-corrected chi connectivity index (χ2v) is 6.42. The molecule has 2 aliphatic rings. The zero-order chi connectivity index (χ0) is 13.3. The van der Waals surface area contributed by atoms with Gasteiger partial charge in [0, 0.05) is 18.5 Å². The van der Waals surface area contributed by atoms with Crippen molar-refractivity contribution in [3.63, 3.8) is 0 Å². The van der Waals surface area contributed by atoms with Crippen LogP contribution in [0.4, 0.5) is 0 Å². The van der Waals surface area contributed by atoms with E-state index in [1.165, 1.54) is 0 Å². The molecule has 0 bridgehead atoms. The zero-order valence-corrected chi connectivity index (χ0v) is 11.8. The van der Waals surface area contributed by atoms with Crippen LogP contribution in [-0.2, 0) is 9.53 Å². The van der Waals surface area contributed by atoms with E-state index in [9.17, 15) is 4.79 Å². The van der Waals surface area contributed by atoms with Crippen LogP contribution in [0.5, 0.6) is 0 Å². The number of carbonyl (C=O) groups is 1. The predicted molar refractivity (Wildman–Crippen MR) is 71.1 cm³/mol. The number of morpholine rings is 1. The first-order valence-corrected chi connectivity index (χ1v) is 7.08. The van der Waals surface area contributed by atoms with Gasteiger partial charge >= 0.3 is 0 Å². The summed E-state index contributed by atoms with van der Waals surface area (Å²) in [7, 11) is 0. The lowest BCUT2D eigenvalue weighted by atomic mass is 9.76. The van der Waals surface area contributed by atoms with Crippen LogP contribution in [-0.4, -0.2) is 42.1 Å². The molecule has 0 aromatic rings. The highest BCUT2D eigenvalue weighted by molar-refractivity contribution is 5.80. The van der Waals surface area contributed by atoms with E-state index in [-0.39, 0.29) is 23.4 Å². The molecule has 1 amide bonds. The third-order valence-corrected chi connectivity index (χ3v) is 4.59. The van der Waals surface area contributed by atoms with Crippen LogP contribution in [0.2, 0.25) is 0 Å². The van der Waals surface area contributed by atoms with Crippen LogP contribution in [0.1, 0.15) is 40.0 Å². The van der Waals surface area contributed by atoms with E-state index in [1.807, 2.05) is 4.90 Å². The van der Waals surface area contributed by atoms with Crippen LogP contribution < -0.4 is 5.73 Å². The maximum Gasteiger partial charge on any atom is 0.226 e. The van der Waals surface area contributed by atoms with Gasteiger partial charge in [-0.3, -0.25) is 4.79 Å². The molecule has 1 heterocycles. The van der Waals surface area contributed by atoms with Gasteiger partial charge in [0.1, 0.15) is 0 Å². The van der Waals surface area contributed by atoms with Gasteiger partial charge in [-0.05, 0) is 32.6 Å². The molecule has 3 unspecified atom stereocenters. The summed E-state index contributed by atoms with van der Waals surface area (Å²) in [4.78, 5) is 14.7. The fraction of sp³-hybridized carbons (Fsp3) is 0.929. The molecule has 2 rings (SSSR count). The Balaban J connectivity index is 2.10. The lowest BCUT2D eigenvalue weighted by Crippen LogP contribution is -2.58. The molecular formula is C14H26N2O2. The fourth-order valence-electron chi connectivity index (χ4n) is 3.21. The zero-order valence-electron chi connectivity index (χ0n) is 11.8. The summed E-state index contributed by atoms with van der Waals surface area (Å²) in [6, 6.07) is 0.178. The quantitative estimate of drug-likeness (QED) is 0.769. The van der Waals surface area contributed by atoms with Gasteiger partial charge < -0.3 is 15.4 Å². The average Bonchev–Trinajstić information content (AvgIpc) is 2.31. The van der Waals surface area contributed by atoms with Crippen molar-refractivity contribution < 1.29 is 9.53 Å². The topological polar surface area (TPSA) is 55.6 Å². The van der Waals surface area contributed by atoms with Crippen LogP contribution in [0.15, 0.2) is 0 Å². The van der Waals surface area contributed by atoms with Crippen LogP contribution in [0, 0.1) is 11.8 Å². The molecule has 1 saturated carbocycles. The Morgan fingerprint density at radius 1 is 1.39 bits per heavy atom. The minimum atomic E-state index is -0.184. The normalized spacial score (nSPS) is 36.4. The average molecular weight is 254 g/mol. The first-order chi connectivity index (χ1) is 8.43. The van der Waals surface area contributed by atoms with Crippen LogP contribution >= 0.6 is 0 Å². The summed E-state index contributed by atoms with van der Waals surface area (Å²) < 4.78 is 5.48. The summed E-state index contributed by atoms with van der Waals surface area (Å²) in [5, 5.41) is 0. The van der Waals surface area contributed by atoms with Gasteiger partial charge in [-0.25, -0.2) is 0 Å². The molecule has 18 heavy (non-hydrogen) atoms. The molecule has 1 saturated heterocycles. The van der Waals surface area contributed by atoms with Crippen molar-refractivity contribution in [3.8, 4) is 0 Å². The van der Waals surface area contributed by atoms with Crippen LogP contribution in [0.3, 0.4) is 0 Å². The number of nitrogens with zero attached hydrogens (tertiary/aromatic N) is 1. The SMILES string of the molecule is CC1C(N)CCCC1C(=O)N1CCOCC1(C)C. The number of carbonyl (C=O) groups excluding carboxylic acids is 1. The summed E-state index contributed by atoms with van der Waals surface area (Å²) >= 11 is 0. The number of amides is 1. The summed E-state index contributed by atoms with van der Waals surface area (Å²) in [5.41, 5.74) is 5.92. The van der Waals surface area contributed by atoms with E-state index < -0.39 is 0 Å². The molecule has 3 atom stereocenters. The lowest BCUT2D eigenvalue weighted by molar-refractivity contribution is -0.153. The molecular weight excluding hydrogens is 228 g/mol. The molecule has 4 heteroatoms. The third kappa shape index (κ3) is 2.54. The van der Waals surface area contributed by atoms with E-state index in [4.69, 9.17) is 10.5 Å². The molecule has 0 aromatic heterocycles. The smallest absolute Gasteiger partial charge is 0.226 e. The highest BCUT2D eigenvalue weighted by Gasteiger charge is 2.41. The van der Waals surface area contributed by atoms with Gasteiger partial charge in [0.25, 0.3) is 0 Å². The van der Waals surface area contributed by atoms with Crippen molar-refractivity contribution >= 4 is 5.91 Å². The highest BCUT2D eigenvalue weighted by Crippen LogP contribution is 2.33. The highest BCUT2D eigenvalue weighted by atomic mass is 16.5. The number of nitrogens with two attached hydrogens (primary N) is 1. The van der Waals surface area contributed by atoms with Crippen molar-refractivity contribution in [3.05, 3.63) is 0 Å². The van der Waals surface area contributed by atoms with Crippen molar-refractivity contribution in [1.82, 2.24) is 4.90 Å². The van der Waals surface area contributed by atoms with Gasteiger partial charge in [-0.2, -0.15) is 0 Å². The first-order valence-electron chi connectivity index (χ1n) is 7.08. The van der Waals surface area contributed by atoms with Crippen molar-refractivity contribution in [1.29, 1.82) is 0 Å². The van der Waals surface area contributed by atoms with E-state index in [1.54, 1.807) is 0 Å². The number of ether oxygens (including phenoxy) is 1. The minimum absolute atomic E-state index is 0.103. The molecule has 0 radical (unpaired) electrons.